The Labute approximate surface area is 119 Å². The van der Waals surface area contributed by atoms with E-state index in [-0.39, 0.29) is 32.0 Å². The normalized spacial score (nSPS) is 19.6. The number of allylic oxidation sites excluding steroid dienone is 1. The molecule has 0 saturated carbocycles. The van der Waals surface area contributed by atoms with Gasteiger partial charge in [-0.05, 0) is 0 Å². The summed E-state index contributed by atoms with van der Waals surface area (Å²) in [7, 11) is 0.751. The fourth-order valence-corrected chi connectivity index (χ4v) is 1.90. The Morgan fingerprint density at radius 1 is 1.48 bits per heavy atom. The number of ether oxygens (including phenoxy) is 2. The summed E-state index contributed by atoms with van der Waals surface area (Å²) in [6, 6.07) is 1.62. The molecule has 1 atom stereocenters. The highest BCUT2D eigenvalue weighted by atomic mass is 19.4. The maximum atomic E-state index is 13.0. The Balaban J connectivity index is 3.06. The molecule has 0 spiro atoms. The van der Waals surface area contributed by atoms with Crippen LogP contribution in [0.5, 0.6) is 0 Å². The first-order chi connectivity index (χ1) is 9.76. The Bertz CT molecular complexity index is 452. The molecule has 1 aliphatic heterocycles. The first kappa shape index (κ1) is 17.3. The zero-order valence-corrected chi connectivity index (χ0v) is 11.3. The van der Waals surface area contributed by atoms with Gasteiger partial charge in [-0.25, -0.2) is 4.79 Å². The van der Waals surface area contributed by atoms with Crippen LogP contribution in [0.4, 0.5) is 13.2 Å². The summed E-state index contributed by atoms with van der Waals surface area (Å²) in [6.45, 7) is 1.10. The smallest absolute Gasteiger partial charge is 0.428 e. The van der Waals surface area contributed by atoms with E-state index >= 15 is 0 Å². The van der Waals surface area contributed by atoms with Crippen LogP contribution in [-0.4, -0.2) is 61.2 Å². The summed E-state index contributed by atoms with van der Waals surface area (Å²) in [5.41, 5.74) is -3.78. The van der Waals surface area contributed by atoms with Gasteiger partial charge in [0.15, 0.2) is 0 Å². The van der Waals surface area contributed by atoms with Gasteiger partial charge in [0.25, 0.3) is 5.60 Å². The average molecular weight is 308 g/mol. The maximum Gasteiger partial charge on any atom is 0.428 e. The van der Waals surface area contributed by atoms with E-state index in [9.17, 15) is 23.1 Å². The highest BCUT2D eigenvalue weighted by Crippen LogP contribution is 2.37. The Morgan fingerprint density at radius 3 is 2.48 bits per heavy atom. The molecule has 0 radical (unpaired) electrons. The van der Waals surface area contributed by atoms with Gasteiger partial charge in [0.05, 0.1) is 26.4 Å². The lowest BCUT2D eigenvalue weighted by Crippen LogP contribution is -2.54. The van der Waals surface area contributed by atoms with Crippen molar-refractivity contribution in [2.75, 3.05) is 33.4 Å². The Kier molecular flexibility index (Phi) is 5.57. The number of carbonyl (C=O) groups excluding carboxylic acids is 1. The van der Waals surface area contributed by atoms with Crippen LogP contribution < -0.4 is 0 Å². The van der Waals surface area contributed by atoms with E-state index in [4.69, 9.17) is 10.00 Å². The quantitative estimate of drug-likeness (QED) is 0.604. The van der Waals surface area contributed by atoms with E-state index in [2.05, 4.69) is 4.74 Å². The van der Waals surface area contributed by atoms with Crippen LogP contribution in [0, 0.1) is 11.3 Å². The molecule has 1 unspecified atom stereocenters. The van der Waals surface area contributed by atoms with Gasteiger partial charge in [0.1, 0.15) is 0 Å². The summed E-state index contributed by atoms with van der Waals surface area (Å²) in [5.74, 6) is -1.81. The molecule has 0 aromatic rings. The van der Waals surface area contributed by atoms with Crippen LogP contribution in [0.2, 0.25) is 0 Å². The molecule has 0 bridgehead atoms. The lowest BCUT2D eigenvalue weighted by Gasteiger charge is -2.35. The van der Waals surface area contributed by atoms with Crippen molar-refractivity contribution in [1.82, 2.24) is 4.90 Å². The number of alkyl halides is 3. The van der Waals surface area contributed by atoms with Crippen molar-refractivity contribution in [3.05, 3.63) is 11.8 Å². The molecule has 1 rings (SSSR count). The summed E-state index contributed by atoms with van der Waals surface area (Å²) in [5, 5.41) is 18.4. The van der Waals surface area contributed by atoms with Crippen LogP contribution in [-0.2, 0) is 14.3 Å². The van der Waals surface area contributed by atoms with Crippen molar-refractivity contribution in [1.29, 1.82) is 5.26 Å². The minimum atomic E-state index is -5.22. The average Bonchev–Trinajstić information content (AvgIpc) is 2.45. The van der Waals surface area contributed by atoms with Gasteiger partial charge < -0.3 is 19.5 Å². The van der Waals surface area contributed by atoms with E-state index < -0.39 is 24.2 Å². The second-order valence-corrected chi connectivity index (χ2v) is 4.39. The number of aliphatic hydroxyl groups is 1. The third kappa shape index (κ3) is 3.86. The van der Waals surface area contributed by atoms with Gasteiger partial charge >= 0.3 is 12.1 Å². The van der Waals surface area contributed by atoms with Crippen LogP contribution in [0.25, 0.3) is 0 Å². The molecule has 21 heavy (non-hydrogen) atoms. The van der Waals surface area contributed by atoms with Gasteiger partial charge in [0.2, 0.25) is 0 Å². The van der Waals surface area contributed by atoms with Crippen molar-refractivity contribution in [3.8, 4) is 6.07 Å². The van der Waals surface area contributed by atoms with E-state index in [1.54, 1.807) is 6.07 Å². The fourth-order valence-electron chi connectivity index (χ4n) is 1.90. The SMILES string of the molecule is COC(=O)C(O)(C/C(=C/C#N)N1CCOCC1)C(F)(F)F. The molecule has 1 aliphatic rings. The highest BCUT2D eigenvalue weighted by molar-refractivity contribution is 5.80. The number of rotatable bonds is 4. The number of hydrogen-bond donors (Lipinski definition) is 1. The van der Waals surface area contributed by atoms with Crippen molar-refractivity contribution >= 4 is 5.97 Å². The summed E-state index contributed by atoms with van der Waals surface area (Å²) in [4.78, 5) is 12.8. The molecule has 1 heterocycles. The summed E-state index contributed by atoms with van der Waals surface area (Å²) < 4.78 is 48.1. The van der Waals surface area contributed by atoms with Crippen molar-refractivity contribution in [3.63, 3.8) is 0 Å². The number of nitrogens with zero attached hydrogens (tertiary/aromatic N) is 2. The van der Waals surface area contributed by atoms with Crippen LogP contribution in [0.15, 0.2) is 11.8 Å². The molecule has 118 valence electrons. The minimum absolute atomic E-state index is 0.0916. The second-order valence-electron chi connectivity index (χ2n) is 4.39. The molecule has 9 heteroatoms. The molecule has 1 fully saturated rings. The number of carbonyl (C=O) groups is 1. The van der Waals surface area contributed by atoms with Crippen LogP contribution in [0.3, 0.4) is 0 Å². The van der Waals surface area contributed by atoms with Crippen molar-refractivity contribution in [2.45, 2.75) is 18.2 Å². The highest BCUT2D eigenvalue weighted by Gasteiger charge is 2.61. The lowest BCUT2D eigenvalue weighted by molar-refractivity contribution is -0.262. The van der Waals surface area contributed by atoms with Crippen LogP contribution >= 0.6 is 0 Å². The second kappa shape index (κ2) is 6.78. The third-order valence-electron chi connectivity index (χ3n) is 3.08. The molecule has 0 aromatic carbocycles. The topological polar surface area (TPSA) is 82.8 Å². The van der Waals surface area contributed by atoms with E-state index in [0.717, 1.165) is 13.2 Å². The molecule has 1 N–H and O–H groups in total. The number of nitriles is 1. The van der Waals surface area contributed by atoms with Crippen molar-refractivity contribution in [2.24, 2.45) is 0 Å². The summed E-state index contributed by atoms with van der Waals surface area (Å²) in [6.07, 6.45) is -5.43. The van der Waals surface area contributed by atoms with Gasteiger partial charge in [-0.15, -0.1) is 0 Å². The molecule has 1 saturated heterocycles. The van der Waals surface area contributed by atoms with Gasteiger partial charge in [0, 0.05) is 31.3 Å². The lowest BCUT2D eigenvalue weighted by atomic mass is 9.96. The van der Waals surface area contributed by atoms with Gasteiger partial charge in [-0.2, -0.15) is 18.4 Å². The minimum Gasteiger partial charge on any atom is -0.467 e. The van der Waals surface area contributed by atoms with Crippen LogP contribution in [0.1, 0.15) is 6.42 Å². The molecular weight excluding hydrogens is 293 g/mol. The predicted octanol–water partition coefficient (Wildman–Crippen LogP) is 0.583. The molecule has 0 aliphatic carbocycles. The molecule has 0 aromatic heterocycles. The Morgan fingerprint density at radius 2 is 2.05 bits per heavy atom. The van der Waals surface area contributed by atoms with E-state index in [0.29, 0.717) is 0 Å². The first-order valence-corrected chi connectivity index (χ1v) is 6.05. The zero-order valence-electron chi connectivity index (χ0n) is 11.3. The largest absolute Gasteiger partial charge is 0.467 e. The fraction of sp³-hybridized carbons (Fsp3) is 0.667. The number of esters is 1. The zero-order chi connectivity index (χ0) is 16.1. The van der Waals surface area contributed by atoms with Gasteiger partial charge in [-0.3, -0.25) is 0 Å². The Hall–Kier alpha value is -1.79. The summed E-state index contributed by atoms with van der Waals surface area (Å²) >= 11 is 0. The predicted molar refractivity (Wildman–Crippen MR) is 63.7 cm³/mol. The van der Waals surface area contributed by atoms with E-state index in [1.807, 2.05) is 0 Å². The number of halogens is 3. The number of hydrogen-bond acceptors (Lipinski definition) is 6. The molecular formula is C12H15F3N2O4. The number of methoxy groups -OCH3 is 1. The number of morpholine rings is 1. The molecule has 0 amide bonds. The maximum absolute atomic E-state index is 13.0. The van der Waals surface area contributed by atoms with E-state index in [1.165, 1.54) is 4.90 Å². The first-order valence-electron chi connectivity index (χ1n) is 6.05. The molecule has 6 nitrogen and oxygen atoms in total. The third-order valence-corrected chi connectivity index (χ3v) is 3.08. The standard InChI is InChI=1S/C12H15F3N2O4/c1-20-10(18)11(19,12(13,14)15)8-9(2-3-16)17-4-6-21-7-5-17/h2,19H,4-8H2,1H3/b9-2-. The van der Waals surface area contributed by atoms with Gasteiger partial charge in [-0.1, -0.05) is 0 Å². The van der Waals surface area contributed by atoms with Crippen molar-refractivity contribution < 1.29 is 32.5 Å². The monoisotopic (exact) mass is 308 g/mol.